The Morgan fingerprint density at radius 1 is 1.21 bits per heavy atom. The first-order valence-corrected chi connectivity index (χ1v) is 7.66. The molecule has 0 fully saturated rings. The molecule has 1 unspecified atom stereocenters. The fraction of sp³-hybridized carbons (Fsp3) is 0.375. The fourth-order valence-electron chi connectivity index (χ4n) is 2.19. The quantitative estimate of drug-likeness (QED) is 0.805. The van der Waals surface area contributed by atoms with Gasteiger partial charge in [0.05, 0.1) is 0 Å². The summed E-state index contributed by atoms with van der Waals surface area (Å²) in [6.45, 7) is 3.17. The first kappa shape index (κ1) is 14.2. The Hall–Kier alpha value is -1.19. The minimum Gasteiger partial charge on any atom is -0.313 e. The molecule has 2 aromatic rings. The zero-order valence-corrected chi connectivity index (χ0v) is 12.0. The van der Waals surface area contributed by atoms with Gasteiger partial charge in [-0.15, -0.1) is 11.3 Å². The lowest BCUT2D eigenvalue weighted by molar-refractivity contribution is 0.506. The highest BCUT2D eigenvalue weighted by atomic mass is 32.1. The van der Waals surface area contributed by atoms with Crippen LogP contribution < -0.4 is 5.32 Å². The molecule has 102 valence electrons. The summed E-state index contributed by atoms with van der Waals surface area (Å²) in [7, 11) is 0. The van der Waals surface area contributed by atoms with Gasteiger partial charge < -0.3 is 5.32 Å². The van der Waals surface area contributed by atoms with Gasteiger partial charge in [0.2, 0.25) is 0 Å². The van der Waals surface area contributed by atoms with Crippen LogP contribution in [0.5, 0.6) is 0 Å². The summed E-state index contributed by atoms with van der Waals surface area (Å²) in [4.78, 5) is 1.38. The van der Waals surface area contributed by atoms with Crippen molar-refractivity contribution in [3.8, 4) is 0 Å². The van der Waals surface area contributed by atoms with Crippen LogP contribution in [0.3, 0.4) is 0 Å². The van der Waals surface area contributed by atoms with Crippen LogP contribution in [-0.4, -0.2) is 12.6 Å². The lowest BCUT2D eigenvalue weighted by atomic mass is 10.0. The molecule has 1 aromatic heterocycles. The molecule has 3 heteroatoms. The van der Waals surface area contributed by atoms with Gasteiger partial charge >= 0.3 is 0 Å². The van der Waals surface area contributed by atoms with E-state index in [0.29, 0.717) is 6.04 Å². The summed E-state index contributed by atoms with van der Waals surface area (Å²) in [5.41, 5.74) is 1.06. The highest BCUT2D eigenvalue weighted by molar-refractivity contribution is 7.09. The smallest absolute Gasteiger partial charge is 0.123 e. The topological polar surface area (TPSA) is 12.0 Å². The molecule has 0 aliphatic carbocycles. The number of thiophene rings is 1. The molecule has 1 nitrogen and oxygen atoms in total. The molecule has 1 aromatic carbocycles. The number of halogens is 1. The molecule has 0 amide bonds. The maximum absolute atomic E-state index is 13.2. The standard InChI is InChI=1S/C16H20FNS/c1-2-8-18-15(12-16-7-4-9-19-16)11-13-5-3-6-14(17)10-13/h3-7,9-10,15,18H,2,8,11-12H2,1H3. The second-order valence-corrected chi connectivity index (χ2v) is 5.80. The van der Waals surface area contributed by atoms with E-state index in [0.717, 1.165) is 31.4 Å². The van der Waals surface area contributed by atoms with Crippen LogP contribution in [-0.2, 0) is 12.8 Å². The van der Waals surface area contributed by atoms with Crippen LogP contribution in [0.4, 0.5) is 4.39 Å². The van der Waals surface area contributed by atoms with E-state index in [2.05, 4.69) is 29.8 Å². The first-order valence-electron chi connectivity index (χ1n) is 6.78. The van der Waals surface area contributed by atoms with Crippen LogP contribution in [0.1, 0.15) is 23.8 Å². The lowest BCUT2D eigenvalue weighted by Gasteiger charge is -2.18. The molecule has 1 N–H and O–H groups in total. The van der Waals surface area contributed by atoms with E-state index in [4.69, 9.17) is 0 Å². The number of rotatable bonds is 7. The molecule has 0 aliphatic rings. The van der Waals surface area contributed by atoms with Crippen LogP contribution in [0.2, 0.25) is 0 Å². The predicted molar refractivity (Wildman–Crippen MR) is 80.2 cm³/mol. The lowest BCUT2D eigenvalue weighted by Crippen LogP contribution is -2.33. The van der Waals surface area contributed by atoms with Crippen molar-refractivity contribution < 1.29 is 4.39 Å². The largest absolute Gasteiger partial charge is 0.313 e. The third kappa shape index (κ3) is 4.77. The van der Waals surface area contributed by atoms with Gasteiger partial charge in [-0.3, -0.25) is 0 Å². The zero-order chi connectivity index (χ0) is 13.5. The predicted octanol–water partition coefficient (Wildman–Crippen LogP) is 4.04. The van der Waals surface area contributed by atoms with Crippen LogP contribution >= 0.6 is 11.3 Å². The van der Waals surface area contributed by atoms with Crippen molar-refractivity contribution in [1.82, 2.24) is 5.32 Å². The summed E-state index contributed by atoms with van der Waals surface area (Å²) in [5.74, 6) is -0.150. The van der Waals surface area contributed by atoms with Crippen molar-refractivity contribution in [2.75, 3.05) is 6.54 Å². The van der Waals surface area contributed by atoms with Gasteiger partial charge in [-0.2, -0.15) is 0 Å². The van der Waals surface area contributed by atoms with Gasteiger partial charge in [0.25, 0.3) is 0 Å². The Morgan fingerprint density at radius 3 is 2.79 bits per heavy atom. The third-order valence-electron chi connectivity index (χ3n) is 3.08. The van der Waals surface area contributed by atoms with Gasteiger partial charge in [0.15, 0.2) is 0 Å². The molecule has 0 saturated carbocycles. The van der Waals surface area contributed by atoms with Crippen LogP contribution in [0, 0.1) is 5.82 Å². The molecule has 0 aliphatic heterocycles. The summed E-state index contributed by atoms with van der Waals surface area (Å²) >= 11 is 1.78. The van der Waals surface area contributed by atoms with E-state index in [-0.39, 0.29) is 5.82 Å². The molecule has 19 heavy (non-hydrogen) atoms. The number of hydrogen-bond acceptors (Lipinski definition) is 2. The molecule has 1 atom stereocenters. The highest BCUT2D eigenvalue weighted by Gasteiger charge is 2.11. The van der Waals surface area contributed by atoms with E-state index in [1.807, 2.05) is 6.07 Å². The molecule has 0 saturated heterocycles. The Balaban J connectivity index is 2.00. The van der Waals surface area contributed by atoms with E-state index in [1.165, 1.54) is 10.9 Å². The van der Waals surface area contributed by atoms with E-state index < -0.39 is 0 Å². The second kappa shape index (κ2) is 7.41. The molecular weight excluding hydrogens is 257 g/mol. The van der Waals surface area contributed by atoms with Crippen molar-refractivity contribution in [3.05, 3.63) is 58.0 Å². The SMILES string of the molecule is CCCNC(Cc1cccc(F)c1)Cc1cccs1. The highest BCUT2D eigenvalue weighted by Crippen LogP contribution is 2.14. The fourth-order valence-corrected chi connectivity index (χ4v) is 2.97. The Bertz CT molecular complexity index is 481. The minimum atomic E-state index is -0.150. The Kier molecular flexibility index (Phi) is 5.55. The summed E-state index contributed by atoms with van der Waals surface area (Å²) in [6, 6.07) is 11.5. The second-order valence-electron chi connectivity index (χ2n) is 4.77. The monoisotopic (exact) mass is 277 g/mol. The van der Waals surface area contributed by atoms with Gasteiger partial charge in [-0.25, -0.2) is 4.39 Å². The first-order chi connectivity index (χ1) is 9.28. The molecule has 1 heterocycles. The van der Waals surface area contributed by atoms with Crippen molar-refractivity contribution in [3.63, 3.8) is 0 Å². The third-order valence-corrected chi connectivity index (χ3v) is 3.98. The van der Waals surface area contributed by atoms with Crippen molar-refractivity contribution in [2.24, 2.45) is 0 Å². The van der Waals surface area contributed by atoms with Gasteiger partial charge in [-0.05, 0) is 54.9 Å². The summed E-state index contributed by atoms with van der Waals surface area (Å²) in [5, 5.41) is 5.67. The van der Waals surface area contributed by atoms with Gasteiger partial charge in [-0.1, -0.05) is 25.1 Å². The summed E-state index contributed by atoms with van der Waals surface area (Å²) in [6.07, 6.45) is 2.99. The average molecular weight is 277 g/mol. The van der Waals surface area contributed by atoms with Gasteiger partial charge in [0.1, 0.15) is 5.82 Å². The van der Waals surface area contributed by atoms with Crippen molar-refractivity contribution >= 4 is 11.3 Å². The van der Waals surface area contributed by atoms with E-state index in [1.54, 1.807) is 23.5 Å². The minimum absolute atomic E-state index is 0.150. The molecule has 0 radical (unpaired) electrons. The maximum atomic E-state index is 13.2. The Morgan fingerprint density at radius 2 is 2.11 bits per heavy atom. The van der Waals surface area contributed by atoms with E-state index in [9.17, 15) is 4.39 Å². The average Bonchev–Trinajstić information content (AvgIpc) is 2.89. The molecule has 0 spiro atoms. The number of benzene rings is 1. The number of nitrogens with one attached hydrogen (secondary N) is 1. The van der Waals surface area contributed by atoms with Gasteiger partial charge in [0, 0.05) is 10.9 Å². The van der Waals surface area contributed by atoms with Crippen LogP contribution in [0.25, 0.3) is 0 Å². The van der Waals surface area contributed by atoms with Crippen LogP contribution in [0.15, 0.2) is 41.8 Å². The maximum Gasteiger partial charge on any atom is 0.123 e. The molecule has 0 bridgehead atoms. The molecule has 2 rings (SSSR count). The normalized spacial score (nSPS) is 12.5. The Labute approximate surface area is 118 Å². The van der Waals surface area contributed by atoms with Crippen molar-refractivity contribution in [2.45, 2.75) is 32.2 Å². The zero-order valence-electron chi connectivity index (χ0n) is 11.2. The van der Waals surface area contributed by atoms with E-state index >= 15 is 0 Å². The summed E-state index contributed by atoms with van der Waals surface area (Å²) < 4.78 is 13.2. The van der Waals surface area contributed by atoms with Crippen molar-refractivity contribution in [1.29, 1.82) is 0 Å². The molecular formula is C16H20FNS. The number of hydrogen-bond donors (Lipinski definition) is 1.